The minimum Gasteiger partial charge on any atom is -0.493 e. The quantitative estimate of drug-likeness (QED) is 0.874. The average Bonchev–Trinajstić information content (AvgIpc) is 2.74. The Labute approximate surface area is 108 Å². The zero-order valence-electron chi connectivity index (χ0n) is 11.1. The van der Waals surface area contributed by atoms with Crippen molar-refractivity contribution < 1.29 is 5.11 Å². The summed E-state index contributed by atoms with van der Waals surface area (Å²) < 4.78 is 1.64. The van der Waals surface area contributed by atoms with Crippen LogP contribution in [-0.4, -0.2) is 14.9 Å². The smallest absolute Gasteiger partial charge is 0.217 e. The van der Waals surface area contributed by atoms with Crippen molar-refractivity contribution >= 4 is 0 Å². The fraction of sp³-hybridized carbons (Fsp3) is 0.400. The molecule has 0 aliphatic carbocycles. The number of unbranched alkanes of at least 4 members (excludes halogenated alkanes) is 1. The van der Waals surface area contributed by atoms with E-state index in [4.69, 9.17) is 0 Å². The molecular formula is C15H20N2O. The highest BCUT2D eigenvalue weighted by molar-refractivity contribution is 5.40. The van der Waals surface area contributed by atoms with Crippen molar-refractivity contribution in [3.05, 3.63) is 41.6 Å². The van der Waals surface area contributed by atoms with Gasteiger partial charge in [0.05, 0.1) is 11.4 Å². The van der Waals surface area contributed by atoms with E-state index < -0.39 is 0 Å². The number of hydrogen-bond donors (Lipinski definition) is 1. The molecule has 0 atom stereocenters. The van der Waals surface area contributed by atoms with E-state index in [1.54, 1.807) is 4.68 Å². The lowest BCUT2D eigenvalue weighted by atomic mass is 10.1. The second kappa shape index (κ2) is 5.71. The van der Waals surface area contributed by atoms with Crippen LogP contribution in [0.1, 0.15) is 37.9 Å². The van der Waals surface area contributed by atoms with Crippen LogP contribution in [0.4, 0.5) is 0 Å². The Balaban J connectivity index is 2.41. The molecule has 2 rings (SSSR count). The zero-order valence-corrected chi connectivity index (χ0v) is 11.1. The van der Waals surface area contributed by atoms with Gasteiger partial charge in [0.1, 0.15) is 0 Å². The monoisotopic (exact) mass is 244 g/mol. The van der Waals surface area contributed by atoms with E-state index in [0.717, 1.165) is 42.6 Å². The van der Waals surface area contributed by atoms with Crippen LogP contribution < -0.4 is 0 Å². The van der Waals surface area contributed by atoms with E-state index in [1.807, 2.05) is 30.3 Å². The van der Waals surface area contributed by atoms with E-state index in [9.17, 15) is 5.11 Å². The van der Waals surface area contributed by atoms with Gasteiger partial charge in [-0.3, -0.25) is 0 Å². The van der Waals surface area contributed by atoms with E-state index in [0.29, 0.717) is 5.88 Å². The lowest BCUT2D eigenvalue weighted by Crippen LogP contribution is -1.95. The molecule has 0 saturated heterocycles. The molecule has 0 aliphatic heterocycles. The standard InChI is InChI=1S/C15H20N2O/c1-3-5-11-13-14(4-2)16-17(15(13)18)12-9-7-6-8-10-12/h6-10,18H,3-5,11H2,1-2H3. The molecule has 0 saturated carbocycles. The Morgan fingerprint density at radius 3 is 2.50 bits per heavy atom. The largest absolute Gasteiger partial charge is 0.493 e. The Hall–Kier alpha value is -1.77. The fourth-order valence-corrected chi connectivity index (χ4v) is 2.13. The van der Waals surface area contributed by atoms with Crippen molar-refractivity contribution in [1.82, 2.24) is 9.78 Å². The lowest BCUT2D eigenvalue weighted by molar-refractivity contribution is 0.427. The maximum atomic E-state index is 10.3. The molecule has 18 heavy (non-hydrogen) atoms. The van der Waals surface area contributed by atoms with E-state index in [1.165, 1.54) is 0 Å². The number of aromatic hydroxyl groups is 1. The van der Waals surface area contributed by atoms with E-state index in [2.05, 4.69) is 18.9 Å². The van der Waals surface area contributed by atoms with Crippen LogP contribution in [0.2, 0.25) is 0 Å². The van der Waals surface area contributed by atoms with Crippen LogP contribution in [0.3, 0.4) is 0 Å². The molecule has 3 heteroatoms. The highest BCUT2D eigenvalue weighted by Gasteiger charge is 2.16. The van der Waals surface area contributed by atoms with Crippen LogP contribution in [0.25, 0.3) is 5.69 Å². The molecular weight excluding hydrogens is 224 g/mol. The summed E-state index contributed by atoms with van der Waals surface area (Å²) in [5.74, 6) is 0.298. The van der Waals surface area contributed by atoms with Crippen LogP contribution in [0, 0.1) is 0 Å². The summed E-state index contributed by atoms with van der Waals surface area (Å²) in [4.78, 5) is 0. The SMILES string of the molecule is CCCCc1c(CC)nn(-c2ccccc2)c1O. The van der Waals surface area contributed by atoms with Gasteiger partial charge in [0.2, 0.25) is 5.88 Å². The predicted molar refractivity (Wildman–Crippen MR) is 73.2 cm³/mol. The Bertz CT molecular complexity index is 503. The molecule has 1 aromatic carbocycles. The summed E-state index contributed by atoms with van der Waals surface area (Å²) in [5.41, 5.74) is 2.92. The molecule has 0 bridgehead atoms. The molecule has 0 radical (unpaired) electrons. The molecule has 1 N–H and O–H groups in total. The van der Waals surface area contributed by atoms with E-state index in [-0.39, 0.29) is 0 Å². The third-order valence-electron chi connectivity index (χ3n) is 3.16. The molecule has 2 aromatic rings. The minimum absolute atomic E-state index is 0.298. The fourth-order valence-electron chi connectivity index (χ4n) is 2.13. The molecule has 0 spiro atoms. The van der Waals surface area contributed by atoms with Crippen LogP contribution in [-0.2, 0) is 12.8 Å². The average molecular weight is 244 g/mol. The van der Waals surface area contributed by atoms with Crippen molar-refractivity contribution in [2.24, 2.45) is 0 Å². The van der Waals surface area contributed by atoms with Crippen LogP contribution >= 0.6 is 0 Å². The molecule has 0 aliphatic rings. The number of aromatic nitrogens is 2. The van der Waals surface area contributed by atoms with Gasteiger partial charge in [-0.25, -0.2) is 4.68 Å². The number of benzene rings is 1. The summed E-state index contributed by atoms with van der Waals surface area (Å²) in [6.07, 6.45) is 3.96. The minimum atomic E-state index is 0.298. The first-order valence-electron chi connectivity index (χ1n) is 6.63. The van der Waals surface area contributed by atoms with Gasteiger partial charge >= 0.3 is 0 Å². The molecule has 0 amide bonds. The van der Waals surface area contributed by atoms with Crippen molar-refractivity contribution in [3.63, 3.8) is 0 Å². The van der Waals surface area contributed by atoms with Gasteiger partial charge in [-0.1, -0.05) is 38.5 Å². The van der Waals surface area contributed by atoms with Gasteiger partial charge in [0.25, 0.3) is 0 Å². The third-order valence-corrected chi connectivity index (χ3v) is 3.16. The Kier molecular flexibility index (Phi) is 4.03. The maximum absolute atomic E-state index is 10.3. The number of aryl methyl sites for hydroxylation is 1. The second-order valence-electron chi connectivity index (χ2n) is 4.45. The van der Waals surface area contributed by atoms with Crippen LogP contribution in [0.5, 0.6) is 5.88 Å². The second-order valence-corrected chi connectivity index (χ2v) is 4.45. The number of para-hydroxylation sites is 1. The van der Waals surface area contributed by atoms with Gasteiger partial charge < -0.3 is 5.11 Å². The van der Waals surface area contributed by atoms with Crippen molar-refractivity contribution in [2.45, 2.75) is 39.5 Å². The Morgan fingerprint density at radius 1 is 1.17 bits per heavy atom. The molecule has 1 heterocycles. The van der Waals surface area contributed by atoms with Crippen molar-refractivity contribution in [1.29, 1.82) is 0 Å². The van der Waals surface area contributed by atoms with Crippen molar-refractivity contribution in [2.75, 3.05) is 0 Å². The molecule has 1 aromatic heterocycles. The molecule has 0 unspecified atom stereocenters. The van der Waals surface area contributed by atoms with Crippen molar-refractivity contribution in [3.8, 4) is 11.6 Å². The Morgan fingerprint density at radius 2 is 1.89 bits per heavy atom. The third kappa shape index (κ3) is 2.40. The van der Waals surface area contributed by atoms with Gasteiger partial charge in [-0.05, 0) is 31.4 Å². The summed E-state index contributed by atoms with van der Waals surface area (Å²) in [5, 5.41) is 14.8. The lowest BCUT2D eigenvalue weighted by Gasteiger charge is -2.03. The van der Waals surface area contributed by atoms with Gasteiger partial charge in [0.15, 0.2) is 0 Å². The van der Waals surface area contributed by atoms with E-state index >= 15 is 0 Å². The van der Waals surface area contributed by atoms with Gasteiger partial charge in [-0.15, -0.1) is 0 Å². The maximum Gasteiger partial charge on any atom is 0.217 e. The summed E-state index contributed by atoms with van der Waals surface area (Å²) in [6.45, 7) is 4.23. The van der Waals surface area contributed by atoms with Gasteiger partial charge in [0, 0.05) is 5.56 Å². The summed E-state index contributed by atoms with van der Waals surface area (Å²) in [7, 11) is 0. The highest BCUT2D eigenvalue weighted by Crippen LogP contribution is 2.26. The first-order valence-corrected chi connectivity index (χ1v) is 6.63. The molecule has 3 nitrogen and oxygen atoms in total. The number of nitrogens with zero attached hydrogens (tertiary/aromatic N) is 2. The topological polar surface area (TPSA) is 38.0 Å². The summed E-state index contributed by atoms with van der Waals surface area (Å²) >= 11 is 0. The highest BCUT2D eigenvalue weighted by atomic mass is 16.3. The first-order chi connectivity index (χ1) is 8.77. The summed E-state index contributed by atoms with van der Waals surface area (Å²) in [6, 6.07) is 9.77. The van der Waals surface area contributed by atoms with Gasteiger partial charge in [-0.2, -0.15) is 5.10 Å². The number of hydrogen-bond acceptors (Lipinski definition) is 2. The number of rotatable bonds is 5. The first kappa shape index (κ1) is 12.7. The predicted octanol–water partition coefficient (Wildman–Crippen LogP) is 3.48. The molecule has 0 fully saturated rings. The van der Waals surface area contributed by atoms with Crippen LogP contribution in [0.15, 0.2) is 30.3 Å². The normalized spacial score (nSPS) is 10.8. The zero-order chi connectivity index (χ0) is 13.0. The molecule has 96 valence electrons.